The number of carbonyl (C=O) groups is 2. The Labute approximate surface area is 224 Å². The molecule has 3 amide bonds. The van der Waals surface area contributed by atoms with Crippen molar-refractivity contribution < 1.29 is 23.5 Å². The van der Waals surface area contributed by atoms with E-state index in [1.807, 2.05) is 11.4 Å². The number of ether oxygens (including phenoxy) is 2. The monoisotopic (exact) mass is 545 g/mol. The number of benzene rings is 2. The van der Waals surface area contributed by atoms with Crippen LogP contribution in [0, 0.1) is 5.82 Å². The fourth-order valence-electron chi connectivity index (χ4n) is 4.28. The Morgan fingerprint density at radius 3 is 2.84 bits per heavy atom. The number of rotatable bonds is 10. The van der Waals surface area contributed by atoms with Crippen LogP contribution in [0.1, 0.15) is 22.9 Å². The number of carbonyl (C=O) groups excluding carboxylic acids is 2. The highest BCUT2D eigenvalue weighted by molar-refractivity contribution is 7.10. The van der Waals surface area contributed by atoms with Crippen LogP contribution in [0.4, 0.5) is 14.9 Å². The average molecular weight is 546 g/mol. The van der Waals surface area contributed by atoms with Gasteiger partial charge in [0.15, 0.2) is 0 Å². The summed E-state index contributed by atoms with van der Waals surface area (Å²) in [5, 5.41) is 5.33. The summed E-state index contributed by atoms with van der Waals surface area (Å²) in [4.78, 5) is 31.2. The van der Waals surface area contributed by atoms with Gasteiger partial charge in [-0.1, -0.05) is 23.7 Å². The molecule has 0 fully saturated rings. The molecule has 2 heterocycles. The third kappa shape index (κ3) is 7.21. The number of hydrogen-bond donors (Lipinski definition) is 1. The van der Waals surface area contributed by atoms with Gasteiger partial charge in [0.2, 0.25) is 5.91 Å². The summed E-state index contributed by atoms with van der Waals surface area (Å²) in [7, 11) is 1.59. The minimum Gasteiger partial charge on any atom is -0.491 e. The van der Waals surface area contributed by atoms with Crippen LogP contribution in [0.15, 0.2) is 60.0 Å². The molecule has 0 saturated carbocycles. The molecular weight excluding hydrogens is 517 g/mol. The second-order valence-electron chi connectivity index (χ2n) is 8.63. The largest absolute Gasteiger partial charge is 0.491 e. The van der Waals surface area contributed by atoms with Crippen LogP contribution in [0.2, 0.25) is 5.02 Å². The van der Waals surface area contributed by atoms with Crippen LogP contribution < -0.4 is 10.1 Å². The van der Waals surface area contributed by atoms with E-state index in [1.54, 1.807) is 59.7 Å². The van der Waals surface area contributed by atoms with Crippen LogP contribution in [-0.4, -0.2) is 61.7 Å². The molecule has 1 atom stereocenters. The molecule has 196 valence electrons. The summed E-state index contributed by atoms with van der Waals surface area (Å²) in [5.41, 5.74) is 1.57. The molecule has 37 heavy (non-hydrogen) atoms. The lowest BCUT2D eigenvalue weighted by atomic mass is 10.0. The highest BCUT2D eigenvalue weighted by atomic mass is 35.5. The van der Waals surface area contributed by atoms with Crippen molar-refractivity contribution in [3.63, 3.8) is 0 Å². The number of anilines is 1. The van der Waals surface area contributed by atoms with Gasteiger partial charge < -0.3 is 24.6 Å². The van der Waals surface area contributed by atoms with Gasteiger partial charge in [-0.3, -0.25) is 4.79 Å². The molecule has 1 N–H and O–H groups in total. The fourth-order valence-corrected chi connectivity index (χ4v) is 5.40. The number of urea groups is 1. The zero-order chi connectivity index (χ0) is 26.2. The number of hydrogen-bond acceptors (Lipinski definition) is 5. The third-order valence-corrected chi connectivity index (χ3v) is 7.32. The van der Waals surface area contributed by atoms with Crippen LogP contribution >= 0.6 is 22.9 Å². The lowest BCUT2D eigenvalue weighted by Crippen LogP contribution is -2.49. The van der Waals surface area contributed by atoms with E-state index in [2.05, 4.69) is 5.32 Å². The fraction of sp³-hybridized carbons (Fsp3) is 0.333. The SMILES string of the molecule is COCCCN(CC(=O)N1CCc2sccc2C1COc1cccc(F)c1)C(=O)Nc1cccc(Cl)c1. The van der Waals surface area contributed by atoms with Crippen molar-refractivity contribution in [1.29, 1.82) is 0 Å². The van der Waals surface area contributed by atoms with Crippen LogP contribution in [0.3, 0.4) is 0 Å². The maximum atomic E-state index is 13.6. The van der Waals surface area contributed by atoms with E-state index in [9.17, 15) is 14.0 Å². The molecule has 0 radical (unpaired) electrons. The number of methoxy groups -OCH3 is 1. The Bertz CT molecular complexity index is 1220. The van der Waals surface area contributed by atoms with Gasteiger partial charge in [-0.25, -0.2) is 9.18 Å². The summed E-state index contributed by atoms with van der Waals surface area (Å²) in [6.07, 6.45) is 1.31. The molecule has 4 rings (SSSR count). The topological polar surface area (TPSA) is 71.1 Å². The normalized spacial score (nSPS) is 14.7. The second kappa shape index (κ2) is 12.9. The molecule has 0 aliphatic carbocycles. The van der Waals surface area contributed by atoms with Gasteiger partial charge in [-0.2, -0.15) is 0 Å². The first kappa shape index (κ1) is 26.9. The minimum atomic E-state index is -0.396. The predicted molar refractivity (Wildman–Crippen MR) is 143 cm³/mol. The molecule has 1 aliphatic rings. The van der Waals surface area contributed by atoms with Crippen molar-refractivity contribution in [2.24, 2.45) is 0 Å². The molecule has 7 nitrogen and oxygen atoms in total. The molecule has 0 spiro atoms. The van der Waals surface area contributed by atoms with Gasteiger partial charge in [0.25, 0.3) is 0 Å². The first-order chi connectivity index (χ1) is 17.9. The number of thiophene rings is 1. The van der Waals surface area contributed by atoms with Gasteiger partial charge >= 0.3 is 6.03 Å². The van der Waals surface area contributed by atoms with E-state index >= 15 is 0 Å². The zero-order valence-electron chi connectivity index (χ0n) is 20.5. The lowest BCUT2D eigenvalue weighted by Gasteiger charge is -2.37. The van der Waals surface area contributed by atoms with E-state index in [0.717, 1.165) is 12.0 Å². The Morgan fingerprint density at radius 2 is 2.05 bits per heavy atom. The van der Waals surface area contributed by atoms with Crippen LogP contribution in [0.25, 0.3) is 0 Å². The van der Waals surface area contributed by atoms with Gasteiger partial charge in [0, 0.05) is 48.5 Å². The van der Waals surface area contributed by atoms with E-state index in [1.165, 1.54) is 21.9 Å². The van der Waals surface area contributed by atoms with Crippen LogP contribution in [-0.2, 0) is 16.0 Å². The molecule has 1 aliphatic heterocycles. The summed E-state index contributed by atoms with van der Waals surface area (Å²) in [6.45, 7) is 1.38. The Balaban J connectivity index is 1.49. The van der Waals surface area contributed by atoms with Crippen molar-refractivity contribution in [2.75, 3.05) is 45.3 Å². The maximum Gasteiger partial charge on any atom is 0.322 e. The van der Waals surface area contributed by atoms with Crippen molar-refractivity contribution in [1.82, 2.24) is 9.80 Å². The number of amides is 3. The summed E-state index contributed by atoms with van der Waals surface area (Å²) in [5.74, 6) is -0.178. The number of halogens is 2. The van der Waals surface area contributed by atoms with Crippen molar-refractivity contribution >= 4 is 40.6 Å². The molecule has 1 aromatic heterocycles. The zero-order valence-corrected chi connectivity index (χ0v) is 22.1. The molecule has 0 bridgehead atoms. The smallest absolute Gasteiger partial charge is 0.322 e. The van der Waals surface area contributed by atoms with Gasteiger partial charge in [-0.15, -0.1) is 11.3 Å². The minimum absolute atomic E-state index is 0.105. The molecule has 10 heteroatoms. The average Bonchev–Trinajstić information content (AvgIpc) is 3.36. The van der Waals surface area contributed by atoms with Crippen LogP contribution in [0.5, 0.6) is 5.75 Å². The van der Waals surface area contributed by atoms with Gasteiger partial charge in [0.1, 0.15) is 24.7 Å². The standard InChI is InChI=1S/C27H29ClFN3O4S/c1-35-13-4-11-31(27(34)30-21-7-2-5-19(28)15-21)17-26(33)32-12-9-25-23(10-14-37-25)24(32)18-36-22-8-3-6-20(29)16-22/h2-3,5-8,10,14-16,24H,4,9,11-13,17-18H2,1H3,(H,30,34). The van der Waals surface area contributed by atoms with Gasteiger partial charge in [0.05, 0.1) is 6.04 Å². The first-order valence-electron chi connectivity index (χ1n) is 12.0. The van der Waals surface area contributed by atoms with E-state index in [4.69, 9.17) is 21.1 Å². The molecule has 2 aromatic carbocycles. The van der Waals surface area contributed by atoms with Crippen molar-refractivity contribution in [2.45, 2.75) is 18.9 Å². The van der Waals surface area contributed by atoms with E-state index < -0.39 is 6.03 Å². The molecular formula is C27H29ClFN3O4S. The second-order valence-corrected chi connectivity index (χ2v) is 10.1. The summed E-state index contributed by atoms with van der Waals surface area (Å²) in [6, 6.07) is 14.1. The third-order valence-electron chi connectivity index (χ3n) is 6.08. The first-order valence-corrected chi connectivity index (χ1v) is 13.2. The van der Waals surface area contributed by atoms with E-state index in [-0.39, 0.29) is 30.9 Å². The summed E-state index contributed by atoms with van der Waals surface area (Å²) >= 11 is 7.70. The quantitative estimate of drug-likeness (QED) is 0.336. The summed E-state index contributed by atoms with van der Waals surface area (Å²) < 4.78 is 24.7. The predicted octanol–water partition coefficient (Wildman–Crippen LogP) is 5.62. The van der Waals surface area contributed by atoms with Crippen molar-refractivity contribution in [3.8, 4) is 5.75 Å². The number of nitrogens with zero attached hydrogens (tertiary/aromatic N) is 2. The molecule has 3 aromatic rings. The maximum absolute atomic E-state index is 13.6. The number of nitrogens with one attached hydrogen (secondary N) is 1. The Hall–Kier alpha value is -3.14. The Kier molecular flexibility index (Phi) is 9.38. The molecule has 0 saturated heterocycles. The Morgan fingerprint density at radius 1 is 1.22 bits per heavy atom. The van der Waals surface area contributed by atoms with Gasteiger partial charge in [-0.05, 0) is 60.2 Å². The lowest BCUT2D eigenvalue weighted by molar-refractivity contribution is -0.135. The molecule has 1 unspecified atom stereocenters. The number of fused-ring (bicyclic) bond motifs is 1. The van der Waals surface area contributed by atoms with Crippen molar-refractivity contribution in [3.05, 3.63) is 81.3 Å². The van der Waals surface area contributed by atoms with E-state index in [0.29, 0.717) is 42.6 Å². The highest BCUT2D eigenvalue weighted by Crippen LogP contribution is 2.34. The highest BCUT2D eigenvalue weighted by Gasteiger charge is 2.33.